The van der Waals surface area contributed by atoms with E-state index in [0.29, 0.717) is 24.1 Å². The van der Waals surface area contributed by atoms with Crippen LogP contribution in [0.4, 0.5) is 0 Å². The molecule has 2 aromatic carbocycles. The molecule has 6 nitrogen and oxygen atoms in total. The smallest absolute Gasteiger partial charge is 0.261 e. The van der Waals surface area contributed by atoms with Crippen molar-refractivity contribution in [1.29, 1.82) is 0 Å². The van der Waals surface area contributed by atoms with E-state index in [4.69, 9.17) is 0 Å². The molecule has 0 aromatic heterocycles. The van der Waals surface area contributed by atoms with Crippen LogP contribution in [-0.4, -0.2) is 47.2 Å². The first-order valence-electron chi connectivity index (χ1n) is 10.7. The molecule has 0 unspecified atom stereocenters. The summed E-state index contributed by atoms with van der Waals surface area (Å²) >= 11 is 3.33. The third-order valence-electron chi connectivity index (χ3n) is 5.60. The van der Waals surface area contributed by atoms with Crippen LogP contribution in [0.3, 0.4) is 0 Å². The maximum Gasteiger partial charge on any atom is 0.261 e. The molecule has 0 radical (unpaired) electrons. The van der Waals surface area contributed by atoms with Crippen LogP contribution in [0, 0.1) is 0 Å². The predicted molar refractivity (Wildman–Crippen MR) is 124 cm³/mol. The van der Waals surface area contributed by atoms with Crippen LogP contribution in [0.5, 0.6) is 0 Å². The zero-order chi connectivity index (χ0) is 22.4. The van der Waals surface area contributed by atoms with Gasteiger partial charge in [-0.2, -0.15) is 0 Å². The van der Waals surface area contributed by atoms with Gasteiger partial charge in [-0.3, -0.25) is 24.2 Å². The number of imide groups is 1. The van der Waals surface area contributed by atoms with Gasteiger partial charge in [0.1, 0.15) is 0 Å². The Hall–Kier alpha value is -2.51. The number of benzene rings is 2. The fourth-order valence-electron chi connectivity index (χ4n) is 3.72. The number of hydrogen-bond donors (Lipinski definition) is 1. The molecule has 1 aliphatic rings. The lowest BCUT2D eigenvalue weighted by molar-refractivity contribution is -0.121. The SMILES string of the molecule is CCN(CC)Cc1ccccc1CNC(=O)CCCN1C(=O)c2ccc(Br)cc2C1=O. The summed E-state index contributed by atoms with van der Waals surface area (Å²) in [5.74, 6) is -0.678. The molecule has 0 saturated carbocycles. The van der Waals surface area contributed by atoms with Crippen molar-refractivity contribution >= 4 is 33.7 Å². The molecule has 2 aromatic rings. The van der Waals surface area contributed by atoms with Crippen molar-refractivity contribution < 1.29 is 14.4 Å². The lowest BCUT2D eigenvalue weighted by atomic mass is 10.1. The molecule has 164 valence electrons. The van der Waals surface area contributed by atoms with Crippen molar-refractivity contribution in [1.82, 2.24) is 15.1 Å². The molecule has 0 bridgehead atoms. The van der Waals surface area contributed by atoms with Gasteiger partial charge >= 0.3 is 0 Å². The Morgan fingerprint density at radius 2 is 1.68 bits per heavy atom. The molecule has 1 N–H and O–H groups in total. The Morgan fingerprint density at radius 1 is 1.00 bits per heavy atom. The molecule has 0 aliphatic carbocycles. The van der Waals surface area contributed by atoms with Gasteiger partial charge in [0.2, 0.25) is 5.91 Å². The number of carbonyl (C=O) groups is 3. The largest absolute Gasteiger partial charge is 0.352 e. The molecule has 1 heterocycles. The third kappa shape index (κ3) is 5.60. The number of nitrogens with zero attached hydrogens (tertiary/aromatic N) is 2. The predicted octanol–water partition coefficient (Wildman–Crippen LogP) is 3.98. The van der Waals surface area contributed by atoms with E-state index < -0.39 is 0 Å². The topological polar surface area (TPSA) is 69.7 Å². The van der Waals surface area contributed by atoms with E-state index in [2.05, 4.69) is 46.1 Å². The Labute approximate surface area is 191 Å². The fraction of sp³-hybridized carbons (Fsp3) is 0.375. The zero-order valence-corrected chi connectivity index (χ0v) is 19.6. The average Bonchev–Trinajstić information content (AvgIpc) is 3.00. The lowest BCUT2D eigenvalue weighted by Crippen LogP contribution is -2.32. The van der Waals surface area contributed by atoms with Crippen molar-refractivity contribution in [2.75, 3.05) is 19.6 Å². The number of rotatable bonds is 10. The van der Waals surface area contributed by atoms with Crippen LogP contribution < -0.4 is 5.32 Å². The Bertz CT molecular complexity index is 972. The van der Waals surface area contributed by atoms with E-state index in [0.717, 1.165) is 29.7 Å². The number of hydrogen-bond acceptors (Lipinski definition) is 4. The summed E-state index contributed by atoms with van der Waals surface area (Å²) in [4.78, 5) is 40.9. The first kappa shape index (κ1) is 23.2. The van der Waals surface area contributed by atoms with E-state index in [1.807, 2.05) is 18.2 Å². The second kappa shape index (κ2) is 10.7. The summed E-state index contributed by atoms with van der Waals surface area (Å²) in [6, 6.07) is 13.2. The van der Waals surface area contributed by atoms with Gasteiger partial charge in [0.05, 0.1) is 11.1 Å². The summed E-state index contributed by atoms with van der Waals surface area (Å²) in [5.41, 5.74) is 3.15. The molecule has 0 atom stereocenters. The van der Waals surface area contributed by atoms with Gasteiger partial charge in [-0.25, -0.2) is 0 Å². The number of fused-ring (bicyclic) bond motifs is 1. The first-order chi connectivity index (χ1) is 14.9. The van der Waals surface area contributed by atoms with E-state index in [1.165, 1.54) is 10.5 Å². The highest BCUT2D eigenvalue weighted by Gasteiger charge is 2.35. The minimum absolute atomic E-state index is 0.0861. The number of carbonyl (C=O) groups excluding carboxylic acids is 3. The summed E-state index contributed by atoms with van der Waals surface area (Å²) in [6.07, 6.45) is 0.689. The molecule has 0 spiro atoms. The highest BCUT2D eigenvalue weighted by molar-refractivity contribution is 9.10. The van der Waals surface area contributed by atoms with Crippen molar-refractivity contribution in [3.05, 3.63) is 69.2 Å². The highest BCUT2D eigenvalue weighted by Crippen LogP contribution is 2.26. The second-order valence-corrected chi connectivity index (χ2v) is 8.48. The summed E-state index contributed by atoms with van der Waals surface area (Å²) in [7, 11) is 0. The maximum atomic E-state index is 12.5. The van der Waals surface area contributed by atoms with Gasteiger partial charge in [0.25, 0.3) is 11.8 Å². The van der Waals surface area contributed by atoms with Crippen LogP contribution in [0.1, 0.15) is 58.5 Å². The van der Waals surface area contributed by atoms with Gasteiger partial charge in [-0.15, -0.1) is 0 Å². The molecular formula is C24H28BrN3O3. The standard InChI is InChI=1S/C24H28BrN3O3/c1-3-27(4-2)16-18-9-6-5-8-17(18)15-26-22(29)10-7-13-28-23(30)20-12-11-19(25)14-21(20)24(28)31/h5-6,8-9,11-12,14H,3-4,7,10,13,15-16H2,1-2H3,(H,26,29). The van der Waals surface area contributed by atoms with Crippen molar-refractivity contribution in [3.63, 3.8) is 0 Å². The van der Waals surface area contributed by atoms with Gasteiger partial charge in [-0.05, 0) is 48.8 Å². The molecular weight excluding hydrogens is 458 g/mol. The first-order valence-corrected chi connectivity index (χ1v) is 11.5. The Balaban J connectivity index is 1.49. The average molecular weight is 486 g/mol. The van der Waals surface area contributed by atoms with Crippen molar-refractivity contribution in [2.24, 2.45) is 0 Å². The monoisotopic (exact) mass is 485 g/mol. The van der Waals surface area contributed by atoms with Crippen LogP contribution in [0.2, 0.25) is 0 Å². The molecule has 0 saturated heterocycles. The summed E-state index contributed by atoms with van der Waals surface area (Å²) in [5, 5.41) is 2.97. The maximum absolute atomic E-state index is 12.5. The van der Waals surface area contributed by atoms with Crippen LogP contribution in [0.25, 0.3) is 0 Å². The second-order valence-electron chi connectivity index (χ2n) is 7.56. The molecule has 0 fully saturated rings. The number of halogens is 1. The highest BCUT2D eigenvalue weighted by atomic mass is 79.9. The van der Waals surface area contributed by atoms with Gasteiger partial charge in [0.15, 0.2) is 0 Å². The van der Waals surface area contributed by atoms with E-state index in [9.17, 15) is 14.4 Å². The van der Waals surface area contributed by atoms with E-state index in [1.54, 1.807) is 18.2 Å². The number of amides is 3. The lowest BCUT2D eigenvalue weighted by Gasteiger charge is -2.20. The quantitative estimate of drug-likeness (QED) is 0.516. The Morgan fingerprint density at radius 3 is 2.39 bits per heavy atom. The summed E-state index contributed by atoms with van der Waals surface area (Å²) in [6.45, 7) is 7.79. The van der Waals surface area contributed by atoms with Gasteiger partial charge < -0.3 is 5.32 Å². The van der Waals surface area contributed by atoms with Crippen molar-refractivity contribution in [3.8, 4) is 0 Å². The van der Waals surface area contributed by atoms with E-state index in [-0.39, 0.29) is 30.7 Å². The minimum Gasteiger partial charge on any atom is -0.352 e. The van der Waals surface area contributed by atoms with Crippen molar-refractivity contribution in [2.45, 2.75) is 39.8 Å². The minimum atomic E-state index is -0.299. The zero-order valence-electron chi connectivity index (χ0n) is 18.0. The fourth-order valence-corrected chi connectivity index (χ4v) is 4.08. The van der Waals surface area contributed by atoms with Crippen LogP contribution in [0.15, 0.2) is 46.9 Å². The molecule has 31 heavy (non-hydrogen) atoms. The van der Waals surface area contributed by atoms with Gasteiger partial charge in [-0.1, -0.05) is 54.0 Å². The van der Waals surface area contributed by atoms with Gasteiger partial charge in [0, 0.05) is 30.5 Å². The number of nitrogens with one attached hydrogen (secondary N) is 1. The normalized spacial score (nSPS) is 13.1. The molecule has 3 rings (SSSR count). The van der Waals surface area contributed by atoms with Crippen LogP contribution >= 0.6 is 15.9 Å². The molecule has 7 heteroatoms. The summed E-state index contributed by atoms with van der Waals surface area (Å²) < 4.78 is 0.759. The van der Waals surface area contributed by atoms with Crippen LogP contribution in [-0.2, 0) is 17.9 Å². The third-order valence-corrected chi connectivity index (χ3v) is 6.09. The molecule has 3 amide bonds. The Kier molecular flexibility index (Phi) is 7.98. The molecule has 1 aliphatic heterocycles. The van der Waals surface area contributed by atoms with E-state index >= 15 is 0 Å².